The summed E-state index contributed by atoms with van der Waals surface area (Å²) < 4.78 is 27.3. The van der Waals surface area contributed by atoms with Gasteiger partial charge in [0.25, 0.3) is 11.8 Å². The Morgan fingerprint density at radius 1 is 0.852 bits per heavy atom. The zero-order valence-corrected chi connectivity index (χ0v) is 14.3. The molecule has 0 fully saturated rings. The Morgan fingerprint density at radius 2 is 1.41 bits per heavy atom. The maximum Gasteiger partial charge on any atom is 0.257 e. The average Bonchev–Trinajstić information content (AvgIpc) is 2.66. The highest BCUT2D eigenvalue weighted by molar-refractivity contribution is 6.08. The predicted molar refractivity (Wildman–Crippen MR) is 97.7 cm³/mol. The van der Waals surface area contributed by atoms with Crippen LogP contribution in [0.25, 0.3) is 0 Å². The minimum Gasteiger partial charge on any atom is -0.322 e. The summed E-state index contributed by atoms with van der Waals surface area (Å²) in [5, 5.41) is 4.85. The molecule has 2 amide bonds. The van der Waals surface area contributed by atoms with Crippen LogP contribution in [0, 0.1) is 18.6 Å². The molecule has 2 aromatic carbocycles. The zero-order valence-electron chi connectivity index (χ0n) is 14.3. The van der Waals surface area contributed by atoms with E-state index in [-0.39, 0.29) is 11.1 Å². The van der Waals surface area contributed by atoms with Crippen molar-refractivity contribution in [2.75, 3.05) is 10.6 Å². The van der Waals surface area contributed by atoms with Gasteiger partial charge in [-0.25, -0.2) is 8.78 Å². The van der Waals surface area contributed by atoms with E-state index in [1.807, 2.05) is 19.1 Å². The van der Waals surface area contributed by atoms with Crippen molar-refractivity contribution in [2.45, 2.75) is 6.92 Å². The van der Waals surface area contributed by atoms with Gasteiger partial charge in [0.15, 0.2) is 0 Å². The molecule has 136 valence electrons. The molecule has 0 aliphatic rings. The fourth-order valence-electron chi connectivity index (χ4n) is 2.33. The molecule has 0 bridgehead atoms. The van der Waals surface area contributed by atoms with Crippen molar-refractivity contribution in [3.8, 4) is 0 Å². The Balaban J connectivity index is 1.77. The summed E-state index contributed by atoms with van der Waals surface area (Å²) >= 11 is 0. The van der Waals surface area contributed by atoms with Gasteiger partial charge >= 0.3 is 0 Å². The van der Waals surface area contributed by atoms with Crippen molar-refractivity contribution in [1.82, 2.24) is 4.98 Å². The van der Waals surface area contributed by atoms with Crippen LogP contribution in [0.3, 0.4) is 0 Å². The summed E-state index contributed by atoms with van der Waals surface area (Å²) in [5.74, 6) is -3.04. The van der Waals surface area contributed by atoms with Crippen LogP contribution in [-0.2, 0) is 0 Å². The Bertz CT molecular complexity index is 984. The first kappa shape index (κ1) is 18.2. The van der Waals surface area contributed by atoms with Gasteiger partial charge in [-0.05, 0) is 37.3 Å². The molecule has 0 saturated heterocycles. The number of halogens is 2. The molecular formula is C20H15F2N3O2. The second kappa shape index (κ2) is 7.74. The third-order valence-corrected chi connectivity index (χ3v) is 3.77. The number of hydrogen-bond acceptors (Lipinski definition) is 3. The Morgan fingerprint density at radius 3 is 2.00 bits per heavy atom. The zero-order chi connectivity index (χ0) is 19.4. The number of rotatable bonds is 4. The Labute approximate surface area is 154 Å². The molecule has 3 rings (SSSR count). The number of nitrogens with zero attached hydrogens (tertiary/aromatic N) is 1. The molecule has 3 aromatic rings. The van der Waals surface area contributed by atoms with E-state index in [2.05, 4.69) is 15.6 Å². The molecule has 0 atom stereocenters. The van der Waals surface area contributed by atoms with E-state index in [0.717, 1.165) is 17.7 Å². The van der Waals surface area contributed by atoms with Gasteiger partial charge in [-0.15, -0.1) is 0 Å². The Hall–Kier alpha value is -3.61. The van der Waals surface area contributed by atoms with Crippen molar-refractivity contribution >= 4 is 23.2 Å². The monoisotopic (exact) mass is 367 g/mol. The fraction of sp³-hybridized carbons (Fsp3) is 0.0500. The summed E-state index contributed by atoms with van der Waals surface area (Å²) in [6.07, 6.45) is 2.50. The topological polar surface area (TPSA) is 71.1 Å². The van der Waals surface area contributed by atoms with Crippen LogP contribution >= 0.6 is 0 Å². The minimum absolute atomic E-state index is 0.00536. The number of para-hydroxylation sites is 1. The Kier molecular flexibility index (Phi) is 5.21. The van der Waals surface area contributed by atoms with E-state index in [9.17, 15) is 18.4 Å². The molecule has 7 heteroatoms. The van der Waals surface area contributed by atoms with Gasteiger partial charge in [-0.2, -0.15) is 0 Å². The van der Waals surface area contributed by atoms with Crippen molar-refractivity contribution in [1.29, 1.82) is 0 Å². The van der Waals surface area contributed by atoms with Gasteiger partial charge < -0.3 is 10.6 Å². The highest BCUT2D eigenvalue weighted by Crippen LogP contribution is 2.19. The number of aryl methyl sites for hydroxylation is 1. The number of aromatic nitrogens is 1. The maximum absolute atomic E-state index is 13.7. The summed E-state index contributed by atoms with van der Waals surface area (Å²) in [4.78, 5) is 28.5. The summed E-state index contributed by atoms with van der Waals surface area (Å²) in [6.45, 7) is 1.93. The molecule has 27 heavy (non-hydrogen) atoms. The number of carbonyl (C=O) groups is 2. The van der Waals surface area contributed by atoms with E-state index in [1.165, 1.54) is 24.5 Å². The van der Waals surface area contributed by atoms with E-state index in [0.29, 0.717) is 5.69 Å². The molecule has 0 spiro atoms. The average molecular weight is 367 g/mol. The lowest BCUT2D eigenvalue weighted by Gasteiger charge is -2.09. The van der Waals surface area contributed by atoms with Crippen LogP contribution in [0.5, 0.6) is 0 Å². The van der Waals surface area contributed by atoms with Crippen LogP contribution in [0.4, 0.5) is 20.2 Å². The first-order valence-corrected chi connectivity index (χ1v) is 8.02. The second-order valence-corrected chi connectivity index (χ2v) is 5.83. The van der Waals surface area contributed by atoms with Crippen LogP contribution in [0.2, 0.25) is 0 Å². The van der Waals surface area contributed by atoms with Crippen LogP contribution in [-0.4, -0.2) is 16.8 Å². The smallest absolute Gasteiger partial charge is 0.257 e. The molecule has 0 aliphatic carbocycles. The van der Waals surface area contributed by atoms with Gasteiger partial charge in [-0.3, -0.25) is 14.6 Å². The van der Waals surface area contributed by atoms with Crippen LogP contribution < -0.4 is 10.6 Å². The number of nitrogens with one attached hydrogen (secondary N) is 2. The summed E-state index contributed by atoms with van der Waals surface area (Å²) in [7, 11) is 0. The van der Waals surface area contributed by atoms with E-state index in [4.69, 9.17) is 0 Å². The van der Waals surface area contributed by atoms with E-state index >= 15 is 0 Å². The second-order valence-electron chi connectivity index (χ2n) is 5.83. The quantitative estimate of drug-likeness (QED) is 0.727. The molecule has 0 unspecified atom stereocenters. The maximum atomic E-state index is 13.7. The molecule has 5 nitrogen and oxygen atoms in total. The molecule has 0 saturated carbocycles. The van der Waals surface area contributed by atoms with Crippen molar-refractivity contribution in [2.24, 2.45) is 0 Å². The number of anilines is 2. The number of benzene rings is 2. The minimum atomic E-state index is -0.899. The van der Waals surface area contributed by atoms with Gasteiger partial charge in [0.2, 0.25) is 0 Å². The predicted octanol–water partition coefficient (Wildman–Crippen LogP) is 4.17. The highest BCUT2D eigenvalue weighted by Gasteiger charge is 2.15. The first-order chi connectivity index (χ1) is 12.9. The van der Waals surface area contributed by atoms with Gasteiger partial charge in [0.05, 0.1) is 11.1 Å². The van der Waals surface area contributed by atoms with Gasteiger partial charge in [0.1, 0.15) is 17.3 Å². The van der Waals surface area contributed by atoms with Crippen LogP contribution in [0.15, 0.2) is 60.9 Å². The molecule has 2 N–H and O–H groups in total. The lowest BCUT2D eigenvalue weighted by molar-refractivity contribution is 0.102. The summed E-state index contributed by atoms with van der Waals surface area (Å²) in [6, 6.07) is 11.7. The lowest BCUT2D eigenvalue weighted by atomic mass is 10.1. The van der Waals surface area contributed by atoms with Gasteiger partial charge in [0, 0.05) is 18.1 Å². The molecule has 1 aromatic heterocycles. The fourth-order valence-corrected chi connectivity index (χ4v) is 2.33. The molecule has 0 aliphatic heterocycles. The molecular weight excluding hydrogens is 352 g/mol. The van der Waals surface area contributed by atoms with Crippen molar-refractivity contribution in [3.63, 3.8) is 0 Å². The van der Waals surface area contributed by atoms with Crippen molar-refractivity contribution in [3.05, 3.63) is 89.2 Å². The van der Waals surface area contributed by atoms with Crippen molar-refractivity contribution < 1.29 is 18.4 Å². The van der Waals surface area contributed by atoms with Gasteiger partial charge in [-0.1, -0.05) is 23.8 Å². The lowest BCUT2D eigenvalue weighted by Crippen LogP contribution is -2.17. The number of hydrogen-bond donors (Lipinski definition) is 2. The van der Waals surface area contributed by atoms with E-state index < -0.39 is 29.1 Å². The number of amides is 2. The standard InChI is InChI=1S/C20H15F2N3O2/c1-12-5-7-15(8-6-12)24-19(26)13-9-14(11-23-10-13)20(27)25-18-16(21)3-2-4-17(18)22/h2-11H,1H3,(H,24,26)(H,25,27). The highest BCUT2D eigenvalue weighted by atomic mass is 19.1. The normalized spacial score (nSPS) is 10.3. The molecule has 1 heterocycles. The third kappa shape index (κ3) is 4.33. The first-order valence-electron chi connectivity index (χ1n) is 8.02. The van der Waals surface area contributed by atoms with Crippen LogP contribution in [0.1, 0.15) is 26.3 Å². The summed E-state index contributed by atoms with van der Waals surface area (Å²) in [5.41, 5.74) is 1.21. The number of carbonyl (C=O) groups excluding carboxylic acids is 2. The van der Waals surface area contributed by atoms with E-state index in [1.54, 1.807) is 12.1 Å². The molecule has 0 radical (unpaired) electrons. The largest absolute Gasteiger partial charge is 0.322 e. The number of pyridine rings is 1. The third-order valence-electron chi connectivity index (χ3n) is 3.77. The SMILES string of the molecule is Cc1ccc(NC(=O)c2cncc(C(=O)Nc3c(F)cccc3F)c2)cc1.